The van der Waals surface area contributed by atoms with Gasteiger partial charge in [0.05, 0.1) is 18.6 Å². The molecule has 2 aromatic rings. The van der Waals surface area contributed by atoms with Crippen LogP contribution in [-0.2, 0) is 14.8 Å². The Morgan fingerprint density at radius 2 is 1.78 bits per heavy atom. The first-order chi connectivity index (χ1) is 12.8. The second-order valence-corrected chi connectivity index (χ2v) is 7.97. The molecule has 0 radical (unpaired) electrons. The van der Waals surface area contributed by atoms with Gasteiger partial charge >= 0.3 is 0 Å². The van der Waals surface area contributed by atoms with Crippen molar-refractivity contribution in [1.82, 2.24) is 0 Å². The number of hydrogen-bond donors (Lipinski definition) is 1. The van der Waals surface area contributed by atoms with Crippen LogP contribution >= 0.6 is 0 Å². The average Bonchev–Trinajstić information content (AvgIpc) is 2.66. The highest BCUT2D eigenvalue weighted by atomic mass is 32.2. The van der Waals surface area contributed by atoms with Crippen molar-refractivity contribution >= 4 is 33.1 Å². The van der Waals surface area contributed by atoms with Crippen molar-refractivity contribution in [2.75, 3.05) is 29.0 Å². The van der Waals surface area contributed by atoms with E-state index in [2.05, 4.69) is 5.32 Å². The second-order valence-electron chi connectivity index (χ2n) is 5.79. The van der Waals surface area contributed by atoms with Crippen LogP contribution in [0.3, 0.4) is 0 Å². The number of ketones is 1. The van der Waals surface area contributed by atoms with Crippen LogP contribution in [0.15, 0.2) is 48.5 Å². The minimum Gasteiger partial charge on any atom is -0.497 e. The molecule has 0 aliphatic rings. The third-order valence-corrected chi connectivity index (χ3v) is 5.64. The quantitative estimate of drug-likeness (QED) is 0.700. The van der Waals surface area contributed by atoms with Gasteiger partial charge in [0, 0.05) is 11.3 Å². The van der Waals surface area contributed by atoms with Crippen LogP contribution in [0.5, 0.6) is 5.75 Å². The maximum atomic E-state index is 12.5. The molecule has 8 heteroatoms. The average molecular weight is 390 g/mol. The Balaban J connectivity index is 2.23. The fourth-order valence-corrected chi connectivity index (χ4v) is 3.47. The number of sulfonamides is 1. The lowest BCUT2D eigenvalue weighted by Gasteiger charge is -2.23. The summed E-state index contributed by atoms with van der Waals surface area (Å²) in [6.45, 7) is 2.56. The summed E-state index contributed by atoms with van der Waals surface area (Å²) < 4.78 is 31.0. The van der Waals surface area contributed by atoms with Crippen molar-refractivity contribution in [1.29, 1.82) is 0 Å². The number of hydrogen-bond acceptors (Lipinski definition) is 5. The molecular formula is C19H22N2O5S. The van der Waals surface area contributed by atoms with Gasteiger partial charge in [0.15, 0.2) is 5.78 Å². The predicted octanol–water partition coefficient (Wildman–Crippen LogP) is 2.69. The van der Waals surface area contributed by atoms with Crippen LogP contribution in [0.2, 0.25) is 0 Å². The zero-order valence-corrected chi connectivity index (χ0v) is 16.2. The SMILES string of the molecule is CCS(=O)(=O)N(CC(=O)Nc1cccc(C(C)=O)c1)c1ccc(OC)cc1. The van der Waals surface area contributed by atoms with Gasteiger partial charge in [0.2, 0.25) is 15.9 Å². The predicted molar refractivity (Wildman–Crippen MR) is 105 cm³/mol. The summed E-state index contributed by atoms with van der Waals surface area (Å²) in [6, 6.07) is 12.9. The zero-order valence-electron chi connectivity index (χ0n) is 15.4. The molecule has 0 spiro atoms. The Kier molecular flexibility index (Phi) is 6.57. The lowest BCUT2D eigenvalue weighted by molar-refractivity contribution is -0.114. The summed E-state index contributed by atoms with van der Waals surface area (Å²) in [6.07, 6.45) is 0. The number of anilines is 2. The highest BCUT2D eigenvalue weighted by Gasteiger charge is 2.23. The molecule has 1 amide bonds. The van der Waals surface area contributed by atoms with Gasteiger partial charge in [0.25, 0.3) is 0 Å². The number of rotatable bonds is 8. The summed E-state index contributed by atoms with van der Waals surface area (Å²) in [5.41, 5.74) is 1.25. The van der Waals surface area contributed by atoms with Crippen molar-refractivity contribution in [3.63, 3.8) is 0 Å². The lowest BCUT2D eigenvalue weighted by atomic mass is 10.1. The first-order valence-electron chi connectivity index (χ1n) is 8.32. The fraction of sp³-hybridized carbons (Fsp3) is 0.263. The first kappa shape index (κ1) is 20.4. The summed E-state index contributed by atoms with van der Waals surface area (Å²) in [5, 5.41) is 2.63. The van der Waals surface area contributed by atoms with Crippen molar-refractivity contribution in [2.24, 2.45) is 0 Å². The number of ether oxygens (including phenoxy) is 1. The van der Waals surface area contributed by atoms with Crippen LogP contribution < -0.4 is 14.4 Å². The van der Waals surface area contributed by atoms with E-state index >= 15 is 0 Å². The summed E-state index contributed by atoms with van der Waals surface area (Å²) in [4.78, 5) is 23.9. The number of amides is 1. The van der Waals surface area contributed by atoms with Crippen LogP contribution in [0.25, 0.3) is 0 Å². The third kappa shape index (κ3) is 5.30. The number of carbonyl (C=O) groups excluding carboxylic acids is 2. The lowest BCUT2D eigenvalue weighted by Crippen LogP contribution is -2.39. The Labute approximate surface area is 159 Å². The molecule has 0 bridgehead atoms. The van der Waals surface area contributed by atoms with Gasteiger partial charge in [-0.05, 0) is 50.2 Å². The van der Waals surface area contributed by atoms with Gasteiger partial charge in [-0.3, -0.25) is 13.9 Å². The van der Waals surface area contributed by atoms with Gasteiger partial charge in [-0.2, -0.15) is 0 Å². The van der Waals surface area contributed by atoms with Crippen molar-refractivity contribution in [3.8, 4) is 5.75 Å². The van der Waals surface area contributed by atoms with Crippen LogP contribution in [0, 0.1) is 0 Å². The van der Waals surface area contributed by atoms with E-state index in [4.69, 9.17) is 4.74 Å². The van der Waals surface area contributed by atoms with Crippen molar-refractivity contribution in [2.45, 2.75) is 13.8 Å². The van der Waals surface area contributed by atoms with Crippen LogP contribution in [0.4, 0.5) is 11.4 Å². The van der Waals surface area contributed by atoms with Crippen LogP contribution in [-0.4, -0.2) is 39.5 Å². The Morgan fingerprint density at radius 3 is 2.33 bits per heavy atom. The molecule has 144 valence electrons. The highest BCUT2D eigenvalue weighted by Crippen LogP contribution is 2.22. The standard InChI is InChI=1S/C19H22N2O5S/c1-4-27(24,25)21(17-8-10-18(26-3)11-9-17)13-19(23)20-16-7-5-6-15(12-16)14(2)22/h5-12H,4,13H2,1-3H3,(H,20,23). The van der Waals surface area contributed by atoms with E-state index < -0.39 is 15.9 Å². The summed E-state index contributed by atoms with van der Waals surface area (Å²) in [7, 11) is -2.15. The molecule has 0 aromatic heterocycles. The molecule has 0 atom stereocenters. The topological polar surface area (TPSA) is 92.8 Å². The van der Waals surface area contributed by atoms with Gasteiger partial charge in [0.1, 0.15) is 12.3 Å². The molecule has 0 fully saturated rings. The number of carbonyl (C=O) groups is 2. The van der Waals surface area contributed by atoms with Gasteiger partial charge in [-0.1, -0.05) is 12.1 Å². The van der Waals surface area contributed by atoms with Gasteiger partial charge in [-0.25, -0.2) is 8.42 Å². The van der Waals surface area contributed by atoms with E-state index in [0.717, 1.165) is 4.31 Å². The van der Waals surface area contributed by atoms with Gasteiger partial charge < -0.3 is 10.1 Å². The van der Waals surface area contributed by atoms with E-state index in [1.807, 2.05) is 0 Å². The summed E-state index contributed by atoms with van der Waals surface area (Å²) >= 11 is 0. The van der Waals surface area contributed by atoms with E-state index in [1.54, 1.807) is 48.5 Å². The number of nitrogens with one attached hydrogen (secondary N) is 1. The highest BCUT2D eigenvalue weighted by molar-refractivity contribution is 7.92. The summed E-state index contributed by atoms with van der Waals surface area (Å²) in [5.74, 6) is -0.201. The molecule has 0 heterocycles. The molecule has 0 saturated carbocycles. The van der Waals surface area contributed by atoms with Crippen molar-refractivity contribution in [3.05, 3.63) is 54.1 Å². The van der Waals surface area contributed by atoms with E-state index in [9.17, 15) is 18.0 Å². The largest absolute Gasteiger partial charge is 0.497 e. The Bertz CT molecular complexity index is 923. The van der Waals surface area contributed by atoms with Crippen LogP contribution in [0.1, 0.15) is 24.2 Å². The number of nitrogens with zero attached hydrogens (tertiary/aromatic N) is 1. The number of methoxy groups -OCH3 is 1. The normalized spacial score (nSPS) is 10.9. The molecule has 2 aromatic carbocycles. The third-order valence-electron chi connectivity index (χ3n) is 3.90. The van der Waals surface area contributed by atoms with E-state index in [-0.39, 0.29) is 18.1 Å². The molecule has 1 N–H and O–H groups in total. The second kappa shape index (κ2) is 8.68. The van der Waals surface area contributed by atoms with Gasteiger partial charge in [-0.15, -0.1) is 0 Å². The molecule has 0 aliphatic carbocycles. The maximum Gasteiger partial charge on any atom is 0.245 e. The van der Waals surface area contributed by atoms with Crippen molar-refractivity contribution < 1.29 is 22.7 Å². The minimum atomic E-state index is -3.66. The fourth-order valence-electron chi connectivity index (χ4n) is 2.40. The van der Waals surface area contributed by atoms with E-state index in [0.29, 0.717) is 22.7 Å². The Morgan fingerprint density at radius 1 is 1.11 bits per heavy atom. The molecule has 0 unspecified atom stereocenters. The minimum absolute atomic E-state index is 0.125. The molecule has 0 aliphatic heterocycles. The smallest absolute Gasteiger partial charge is 0.245 e. The molecule has 2 rings (SSSR count). The maximum absolute atomic E-state index is 12.5. The Hall–Kier alpha value is -2.87. The molecular weight excluding hydrogens is 368 g/mol. The monoisotopic (exact) mass is 390 g/mol. The first-order valence-corrected chi connectivity index (χ1v) is 9.93. The molecule has 0 saturated heterocycles. The van der Waals surface area contributed by atoms with E-state index in [1.165, 1.54) is 21.0 Å². The molecule has 7 nitrogen and oxygen atoms in total. The zero-order chi connectivity index (χ0) is 20.0. The number of benzene rings is 2. The molecule has 27 heavy (non-hydrogen) atoms. The number of Topliss-reactive ketones (excluding diaryl/α,β-unsaturated/α-hetero) is 1.